The van der Waals surface area contributed by atoms with Crippen LogP contribution in [-0.2, 0) is 13.1 Å². The summed E-state index contributed by atoms with van der Waals surface area (Å²) in [5.41, 5.74) is 3.19. The van der Waals surface area contributed by atoms with E-state index in [0.717, 1.165) is 30.2 Å². The Bertz CT molecular complexity index is 787. The van der Waals surface area contributed by atoms with Gasteiger partial charge in [0.25, 0.3) is 0 Å². The van der Waals surface area contributed by atoms with Gasteiger partial charge < -0.3 is 9.88 Å². The third kappa shape index (κ3) is 2.31. The van der Waals surface area contributed by atoms with Gasteiger partial charge in [0.15, 0.2) is 0 Å². The molecule has 1 aliphatic rings. The predicted octanol–water partition coefficient (Wildman–Crippen LogP) is 2.01. The van der Waals surface area contributed by atoms with E-state index in [9.17, 15) is 0 Å². The molecule has 6 heteroatoms. The number of hydrogen-bond donors (Lipinski definition) is 1. The number of aryl methyl sites for hydroxylation is 2. The van der Waals surface area contributed by atoms with Crippen LogP contribution in [0.15, 0.2) is 42.9 Å². The second kappa shape index (κ2) is 5.38. The summed E-state index contributed by atoms with van der Waals surface area (Å²) >= 11 is 0. The quantitative estimate of drug-likeness (QED) is 0.799. The topological polar surface area (TPSA) is 60.6 Å². The first-order valence-corrected chi connectivity index (χ1v) is 7.53. The molecule has 0 radical (unpaired) electrons. The SMILES string of the molecule is Cc1ccccc1-n1cc(CNC2CCn3ccnc32)nn1. The van der Waals surface area contributed by atoms with Crippen LogP contribution in [0.3, 0.4) is 0 Å². The number of nitrogens with one attached hydrogen (secondary N) is 1. The number of aromatic nitrogens is 5. The first-order valence-electron chi connectivity index (χ1n) is 7.53. The second-order valence-electron chi connectivity index (χ2n) is 5.64. The van der Waals surface area contributed by atoms with Gasteiger partial charge in [0.05, 0.1) is 23.6 Å². The molecule has 0 saturated heterocycles. The number of rotatable bonds is 4. The Morgan fingerprint density at radius 1 is 1.32 bits per heavy atom. The van der Waals surface area contributed by atoms with E-state index in [1.807, 2.05) is 35.4 Å². The van der Waals surface area contributed by atoms with Gasteiger partial charge in [0.2, 0.25) is 0 Å². The highest BCUT2D eigenvalue weighted by atomic mass is 15.4. The van der Waals surface area contributed by atoms with E-state index in [2.05, 4.69) is 44.2 Å². The number of fused-ring (bicyclic) bond motifs is 1. The van der Waals surface area contributed by atoms with E-state index in [4.69, 9.17) is 0 Å². The van der Waals surface area contributed by atoms with Crippen molar-refractivity contribution in [2.24, 2.45) is 0 Å². The minimum absolute atomic E-state index is 0.304. The van der Waals surface area contributed by atoms with Crippen LogP contribution in [0.1, 0.15) is 29.5 Å². The van der Waals surface area contributed by atoms with Crippen LogP contribution in [0.25, 0.3) is 5.69 Å². The zero-order valence-electron chi connectivity index (χ0n) is 12.5. The van der Waals surface area contributed by atoms with E-state index in [0.29, 0.717) is 12.6 Å². The van der Waals surface area contributed by atoms with Crippen molar-refractivity contribution in [3.8, 4) is 5.69 Å². The summed E-state index contributed by atoms with van der Waals surface area (Å²) in [5.74, 6) is 1.12. The summed E-state index contributed by atoms with van der Waals surface area (Å²) < 4.78 is 4.03. The maximum atomic E-state index is 4.41. The molecule has 2 aromatic heterocycles. The fourth-order valence-electron chi connectivity index (χ4n) is 2.96. The van der Waals surface area contributed by atoms with Crippen molar-refractivity contribution in [2.75, 3.05) is 0 Å². The molecule has 1 aromatic carbocycles. The molecule has 0 bridgehead atoms. The molecule has 4 rings (SSSR count). The first-order chi connectivity index (χ1) is 10.8. The molecule has 1 N–H and O–H groups in total. The van der Waals surface area contributed by atoms with Gasteiger partial charge in [-0.2, -0.15) is 0 Å². The average Bonchev–Trinajstić information content (AvgIpc) is 3.23. The predicted molar refractivity (Wildman–Crippen MR) is 82.5 cm³/mol. The van der Waals surface area contributed by atoms with Crippen LogP contribution in [-0.4, -0.2) is 24.5 Å². The molecular formula is C16H18N6. The van der Waals surface area contributed by atoms with Gasteiger partial charge >= 0.3 is 0 Å². The molecule has 0 spiro atoms. The van der Waals surface area contributed by atoms with Crippen LogP contribution in [0, 0.1) is 6.92 Å². The second-order valence-corrected chi connectivity index (χ2v) is 5.64. The highest BCUT2D eigenvalue weighted by molar-refractivity contribution is 5.38. The minimum atomic E-state index is 0.304. The molecule has 112 valence electrons. The van der Waals surface area contributed by atoms with Crippen LogP contribution in [0.2, 0.25) is 0 Å². The Labute approximate surface area is 128 Å². The molecule has 0 fully saturated rings. The third-order valence-corrected chi connectivity index (χ3v) is 4.15. The summed E-state index contributed by atoms with van der Waals surface area (Å²) in [5, 5.41) is 12.0. The molecule has 1 atom stereocenters. The largest absolute Gasteiger partial charge is 0.334 e. The van der Waals surface area contributed by atoms with E-state index < -0.39 is 0 Å². The zero-order valence-corrected chi connectivity index (χ0v) is 12.5. The number of benzene rings is 1. The van der Waals surface area contributed by atoms with Gasteiger partial charge in [0.1, 0.15) is 5.82 Å². The lowest BCUT2D eigenvalue weighted by Crippen LogP contribution is -2.19. The van der Waals surface area contributed by atoms with Gasteiger partial charge in [-0.15, -0.1) is 5.10 Å². The molecule has 3 heterocycles. The molecule has 22 heavy (non-hydrogen) atoms. The molecule has 1 unspecified atom stereocenters. The standard InChI is InChI=1S/C16H18N6/c1-12-4-2-3-5-15(12)22-11-13(19-20-22)10-18-14-6-8-21-9-7-17-16(14)21/h2-5,7,9,11,14,18H,6,8,10H2,1H3. The van der Waals surface area contributed by atoms with Gasteiger partial charge in [-0.3, -0.25) is 0 Å². The molecule has 3 aromatic rings. The lowest BCUT2D eigenvalue weighted by Gasteiger charge is -2.09. The van der Waals surface area contributed by atoms with Crippen LogP contribution < -0.4 is 5.32 Å². The number of hydrogen-bond acceptors (Lipinski definition) is 4. The van der Waals surface area contributed by atoms with Crippen molar-refractivity contribution in [1.29, 1.82) is 0 Å². The average molecular weight is 294 g/mol. The first kappa shape index (κ1) is 13.2. The molecular weight excluding hydrogens is 276 g/mol. The summed E-state index contributed by atoms with van der Waals surface area (Å²) in [6, 6.07) is 8.47. The van der Waals surface area contributed by atoms with E-state index in [-0.39, 0.29) is 0 Å². The van der Waals surface area contributed by atoms with Gasteiger partial charge in [0, 0.05) is 25.5 Å². The Kier molecular flexibility index (Phi) is 3.23. The van der Waals surface area contributed by atoms with Crippen molar-refractivity contribution in [2.45, 2.75) is 32.5 Å². The van der Waals surface area contributed by atoms with Crippen LogP contribution in [0.4, 0.5) is 0 Å². The lowest BCUT2D eigenvalue weighted by atomic mass is 10.2. The molecule has 0 aliphatic carbocycles. The van der Waals surface area contributed by atoms with Gasteiger partial charge in [-0.1, -0.05) is 23.4 Å². The summed E-state index contributed by atoms with van der Waals surface area (Å²) in [6.45, 7) is 3.81. The fourth-order valence-corrected chi connectivity index (χ4v) is 2.96. The van der Waals surface area contributed by atoms with Crippen molar-refractivity contribution in [1.82, 2.24) is 29.9 Å². The Balaban J connectivity index is 1.46. The third-order valence-electron chi connectivity index (χ3n) is 4.15. The van der Waals surface area contributed by atoms with Crippen molar-refractivity contribution < 1.29 is 0 Å². The zero-order chi connectivity index (χ0) is 14.9. The maximum absolute atomic E-state index is 4.41. The number of nitrogens with zero attached hydrogens (tertiary/aromatic N) is 5. The number of imidazole rings is 1. The number of para-hydroxylation sites is 1. The Morgan fingerprint density at radius 3 is 3.14 bits per heavy atom. The van der Waals surface area contributed by atoms with Crippen molar-refractivity contribution in [3.63, 3.8) is 0 Å². The van der Waals surface area contributed by atoms with E-state index >= 15 is 0 Å². The van der Waals surface area contributed by atoms with Gasteiger partial charge in [-0.25, -0.2) is 9.67 Å². The summed E-state index contributed by atoms with van der Waals surface area (Å²) in [4.78, 5) is 4.41. The molecule has 0 saturated carbocycles. The monoisotopic (exact) mass is 294 g/mol. The molecule has 1 aliphatic heterocycles. The summed E-state index contributed by atoms with van der Waals surface area (Å²) in [6.07, 6.45) is 6.95. The summed E-state index contributed by atoms with van der Waals surface area (Å²) in [7, 11) is 0. The Morgan fingerprint density at radius 2 is 2.23 bits per heavy atom. The smallest absolute Gasteiger partial charge is 0.125 e. The highest BCUT2D eigenvalue weighted by Crippen LogP contribution is 2.23. The lowest BCUT2D eigenvalue weighted by molar-refractivity contribution is 0.515. The Hall–Kier alpha value is -2.47. The van der Waals surface area contributed by atoms with E-state index in [1.54, 1.807) is 0 Å². The minimum Gasteiger partial charge on any atom is -0.334 e. The fraction of sp³-hybridized carbons (Fsp3) is 0.312. The van der Waals surface area contributed by atoms with Crippen LogP contribution in [0.5, 0.6) is 0 Å². The van der Waals surface area contributed by atoms with Crippen LogP contribution >= 0.6 is 0 Å². The normalized spacial score (nSPS) is 16.9. The van der Waals surface area contributed by atoms with Crippen molar-refractivity contribution >= 4 is 0 Å². The van der Waals surface area contributed by atoms with Gasteiger partial charge in [-0.05, 0) is 25.0 Å². The van der Waals surface area contributed by atoms with Crippen molar-refractivity contribution in [3.05, 3.63) is 59.9 Å². The highest BCUT2D eigenvalue weighted by Gasteiger charge is 2.23. The van der Waals surface area contributed by atoms with E-state index in [1.165, 1.54) is 5.56 Å². The molecule has 0 amide bonds. The molecule has 6 nitrogen and oxygen atoms in total. The maximum Gasteiger partial charge on any atom is 0.125 e.